The highest BCUT2D eigenvalue weighted by Gasteiger charge is 2.26. The monoisotopic (exact) mass is 323 g/mol. The first kappa shape index (κ1) is 18.8. The van der Waals surface area contributed by atoms with Gasteiger partial charge in [-0.05, 0) is 38.1 Å². The predicted molar refractivity (Wildman–Crippen MR) is 82.2 cm³/mol. The topological polar surface area (TPSA) is 93.9 Å². The van der Waals surface area contributed by atoms with Crippen LogP contribution in [-0.4, -0.2) is 65.8 Å². The van der Waals surface area contributed by atoms with Crippen molar-refractivity contribution in [1.82, 2.24) is 9.03 Å². The van der Waals surface area contributed by atoms with Crippen LogP contribution >= 0.6 is 0 Å². The van der Waals surface area contributed by atoms with Gasteiger partial charge in [0.25, 0.3) is 10.2 Å². The summed E-state index contributed by atoms with van der Waals surface area (Å²) in [6.07, 6.45) is 3.31. The van der Waals surface area contributed by atoms with E-state index >= 15 is 0 Å². The number of nitrogens with one attached hydrogen (secondary N) is 1. The maximum atomic E-state index is 12.1. The molecular formula is C13H29N3O4S. The number of nitrogens with two attached hydrogens (primary N) is 1. The van der Waals surface area contributed by atoms with Gasteiger partial charge in [0.1, 0.15) is 0 Å². The van der Waals surface area contributed by atoms with E-state index in [4.69, 9.17) is 15.2 Å². The molecule has 126 valence electrons. The molecule has 0 aromatic heterocycles. The summed E-state index contributed by atoms with van der Waals surface area (Å²) in [5, 5.41) is 0. The zero-order valence-corrected chi connectivity index (χ0v) is 13.7. The molecular weight excluding hydrogens is 294 g/mol. The number of nitrogens with zero attached hydrogens (tertiary/aromatic N) is 1. The number of piperidine rings is 1. The quantitative estimate of drug-likeness (QED) is 0.519. The third-order valence-electron chi connectivity index (χ3n) is 3.68. The lowest BCUT2D eigenvalue weighted by molar-refractivity contribution is 0.0689. The Bertz CT molecular complexity index is 356. The molecule has 1 heterocycles. The summed E-state index contributed by atoms with van der Waals surface area (Å²) in [5.41, 5.74) is 5.61. The van der Waals surface area contributed by atoms with E-state index < -0.39 is 10.2 Å². The number of ether oxygens (including phenoxy) is 2. The summed E-state index contributed by atoms with van der Waals surface area (Å²) >= 11 is 0. The fraction of sp³-hybridized carbons (Fsp3) is 1.00. The van der Waals surface area contributed by atoms with E-state index in [0.29, 0.717) is 51.9 Å². The first-order valence-electron chi connectivity index (χ1n) is 7.61. The highest BCUT2D eigenvalue weighted by atomic mass is 32.2. The fourth-order valence-electron chi connectivity index (χ4n) is 2.25. The van der Waals surface area contributed by atoms with Crippen LogP contribution in [0.5, 0.6) is 0 Å². The number of methoxy groups -OCH3 is 1. The molecule has 8 heteroatoms. The van der Waals surface area contributed by atoms with Crippen molar-refractivity contribution in [1.29, 1.82) is 0 Å². The van der Waals surface area contributed by atoms with Crippen LogP contribution in [0.3, 0.4) is 0 Å². The van der Waals surface area contributed by atoms with Crippen LogP contribution in [0.2, 0.25) is 0 Å². The van der Waals surface area contributed by atoms with Crippen molar-refractivity contribution in [2.45, 2.75) is 25.7 Å². The lowest BCUT2D eigenvalue weighted by Gasteiger charge is -2.30. The summed E-state index contributed by atoms with van der Waals surface area (Å²) in [4.78, 5) is 0. The molecule has 0 radical (unpaired) electrons. The van der Waals surface area contributed by atoms with Crippen LogP contribution in [0, 0.1) is 5.92 Å². The van der Waals surface area contributed by atoms with Crippen molar-refractivity contribution in [2.24, 2.45) is 11.7 Å². The third kappa shape index (κ3) is 7.53. The second-order valence-electron chi connectivity index (χ2n) is 5.29. The SMILES string of the molecule is COCCOCCCCNS(=O)(=O)N1CCC(CN)CC1. The van der Waals surface area contributed by atoms with Crippen molar-refractivity contribution in [3.05, 3.63) is 0 Å². The van der Waals surface area contributed by atoms with Crippen molar-refractivity contribution in [3.8, 4) is 0 Å². The van der Waals surface area contributed by atoms with E-state index in [1.807, 2.05) is 0 Å². The molecule has 0 aromatic rings. The van der Waals surface area contributed by atoms with Crippen LogP contribution in [0.4, 0.5) is 0 Å². The molecule has 3 N–H and O–H groups in total. The molecule has 7 nitrogen and oxygen atoms in total. The highest BCUT2D eigenvalue weighted by molar-refractivity contribution is 7.87. The molecule has 0 bridgehead atoms. The molecule has 0 spiro atoms. The van der Waals surface area contributed by atoms with Crippen LogP contribution in [0.25, 0.3) is 0 Å². The Morgan fingerprint density at radius 2 is 1.90 bits per heavy atom. The van der Waals surface area contributed by atoms with Gasteiger partial charge in [-0.2, -0.15) is 12.7 Å². The number of unbranched alkanes of at least 4 members (excludes halogenated alkanes) is 1. The molecule has 1 saturated heterocycles. The molecule has 0 saturated carbocycles. The second kappa shape index (κ2) is 10.5. The lowest BCUT2D eigenvalue weighted by Crippen LogP contribution is -2.46. The van der Waals surface area contributed by atoms with Crippen LogP contribution in [-0.2, 0) is 19.7 Å². The van der Waals surface area contributed by atoms with Crippen molar-refractivity contribution >= 4 is 10.2 Å². The molecule has 0 aliphatic carbocycles. The Morgan fingerprint density at radius 3 is 2.52 bits per heavy atom. The largest absolute Gasteiger partial charge is 0.382 e. The zero-order valence-electron chi connectivity index (χ0n) is 12.9. The Hall–Kier alpha value is -0.250. The van der Waals surface area contributed by atoms with Gasteiger partial charge < -0.3 is 15.2 Å². The van der Waals surface area contributed by atoms with E-state index in [9.17, 15) is 8.42 Å². The Kier molecular flexibility index (Phi) is 9.37. The lowest BCUT2D eigenvalue weighted by atomic mass is 9.99. The summed E-state index contributed by atoms with van der Waals surface area (Å²) in [6.45, 7) is 4.03. The highest BCUT2D eigenvalue weighted by Crippen LogP contribution is 2.17. The third-order valence-corrected chi connectivity index (χ3v) is 5.29. The van der Waals surface area contributed by atoms with Gasteiger partial charge in [0.15, 0.2) is 0 Å². The van der Waals surface area contributed by atoms with E-state index in [1.165, 1.54) is 4.31 Å². The van der Waals surface area contributed by atoms with Crippen molar-refractivity contribution < 1.29 is 17.9 Å². The molecule has 1 aliphatic heterocycles. The van der Waals surface area contributed by atoms with Crippen molar-refractivity contribution in [3.63, 3.8) is 0 Å². The second-order valence-corrected chi connectivity index (χ2v) is 7.04. The van der Waals surface area contributed by atoms with Gasteiger partial charge in [-0.3, -0.25) is 0 Å². The normalized spacial score (nSPS) is 18.2. The smallest absolute Gasteiger partial charge is 0.279 e. The minimum Gasteiger partial charge on any atom is -0.382 e. The number of hydrogen-bond acceptors (Lipinski definition) is 5. The van der Waals surface area contributed by atoms with Gasteiger partial charge in [0, 0.05) is 33.4 Å². The van der Waals surface area contributed by atoms with E-state index in [0.717, 1.165) is 25.7 Å². The number of rotatable bonds is 11. The molecule has 21 heavy (non-hydrogen) atoms. The van der Waals surface area contributed by atoms with Gasteiger partial charge in [-0.25, -0.2) is 4.72 Å². The van der Waals surface area contributed by atoms with Crippen LogP contribution < -0.4 is 10.5 Å². The van der Waals surface area contributed by atoms with E-state index in [1.54, 1.807) is 7.11 Å². The molecule has 0 aromatic carbocycles. The summed E-state index contributed by atoms with van der Waals surface area (Å²) in [5.74, 6) is 0.459. The average Bonchev–Trinajstić information content (AvgIpc) is 2.50. The predicted octanol–water partition coefficient (Wildman–Crippen LogP) is -0.0653. The van der Waals surface area contributed by atoms with E-state index in [-0.39, 0.29) is 0 Å². The molecule has 0 atom stereocenters. The van der Waals surface area contributed by atoms with Gasteiger partial charge >= 0.3 is 0 Å². The average molecular weight is 323 g/mol. The molecule has 1 fully saturated rings. The Balaban J connectivity index is 2.10. The number of hydrogen-bond donors (Lipinski definition) is 2. The fourth-order valence-corrected chi connectivity index (χ4v) is 3.53. The van der Waals surface area contributed by atoms with Crippen molar-refractivity contribution in [2.75, 3.05) is 53.1 Å². The standard InChI is InChI=1S/C13H29N3O4S/c1-19-10-11-20-9-3-2-6-15-21(17,18)16-7-4-13(12-14)5-8-16/h13,15H,2-12,14H2,1H3. The first-order chi connectivity index (χ1) is 10.1. The molecule has 0 unspecified atom stereocenters. The maximum absolute atomic E-state index is 12.1. The first-order valence-corrected chi connectivity index (χ1v) is 9.05. The molecule has 1 rings (SSSR count). The Labute approximate surface area is 128 Å². The molecule has 0 amide bonds. The maximum Gasteiger partial charge on any atom is 0.279 e. The summed E-state index contributed by atoms with van der Waals surface area (Å²) in [6, 6.07) is 0. The zero-order chi connectivity index (χ0) is 15.6. The minimum atomic E-state index is -3.33. The van der Waals surface area contributed by atoms with E-state index in [2.05, 4.69) is 4.72 Å². The summed E-state index contributed by atoms with van der Waals surface area (Å²) in [7, 11) is -1.70. The van der Waals surface area contributed by atoms with Gasteiger partial charge in [0.05, 0.1) is 13.2 Å². The van der Waals surface area contributed by atoms with Gasteiger partial charge in [-0.1, -0.05) is 0 Å². The Morgan fingerprint density at radius 1 is 1.19 bits per heavy atom. The minimum absolute atomic E-state index is 0.451. The van der Waals surface area contributed by atoms with Crippen LogP contribution in [0.1, 0.15) is 25.7 Å². The van der Waals surface area contributed by atoms with Gasteiger partial charge in [-0.15, -0.1) is 0 Å². The summed E-state index contributed by atoms with van der Waals surface area (Å²) < 4.78 is 38.5. The van der Waals surface area contributed by atoms with Crippen LogP contribution in [0.15, 0.2) is 0 Å². The molecule has 1 aliphatic rings. The van der Waals surface area contributed by atoms with Gasteiger partial charge in [0.2, 0.25) is 0 Å².